The molecule has 3 N–H and O–H groups in total. The highest BCUT2D eigenvalue weighted by atomic mass is 79.9. The fourth-order valence-corrected chi connectivity index (χ4v) is 3.40. The van der Waals surface area contributed by atoms with Crippen LogP contribution in [0.4, 0.5) is 17.8 Å². The number of nitrogens with one attached hydrogen (secondary N) is 1. The first-order valence-corrected chi connectivity index (χ1v) is 10.3. The van der Waals surface area contributed by atoms with E-state index in [2.05, 4.69) is 41.4 Å². The predicted molar refractivity (Wildman–Crippen MR) is 115 cm³/mol. The molecule has 0 radical (unpaired) electrons. The maximum absolute atomic E-state index is 9.96. The van der Waals surface area contributed by atoms with Crippen molar-refractivity contribution < 1.29 is 19.7 Å². The monoisotopic (exact) mass is 479 g/mol. The highest BCUT2D eigenvalue weighted by Gasteiger charge is 2.20. The number of phenols is 2. The third kappa shape index (κ3) is 4.89. The highest BCUT2D eigenvalue weighted by Crippen LogP contribution is 2.30. The molecule has 0 saturated carbocycles. The minimum absolute atomic E-state index is 0.0552. The largest absolute Gasteiger partial charge is 0.507 e. The van der Waals surface area contributed by atoms with Gasteiger partial charge in [0.1, 0.15) is 11.5 Å². The lowest BCUT2D eigenvalue weighted by molar-refractivity contribution is 0.121. The zero-order valence-electron chi connectivity index (χ0n) is 16.2. The summed E-state index contributed by atoms with van der Waals surface area (Å²) >= 11 is 3.22. The fourth-order valence-electron chi connectivity index (χ4n) is 3.04. The summed E-state index contributed by atoms with van der Waals surface area (Å²) in [5.41, 5.74) is 3.24. The van der Waals surface area contributed by atoms with Gasteiger partial charge in [-0.25, -0.2) is 5.43 Å². The van der Waals surface area contributed by atoms with Crippen LogP contribution in [-0.4, -0.2) is 84.0 Å². The third-order valence-electron chi connectivity index (χ3n) is 4.66. The van der Waals surface area contributed by atoms with Gasteiger partial charge < -0.3 is 29.5 Å². The van der Waals surface area contributed by atoms with Crippen LogP contribution >= 0.6 is 15.9 Å². The standard InChI is InChI=1S/C18H22BrN7O4/c19-13-9-12(14(27)10-15(13)28)11-20-24-16-21-17(25-1-5-29-6-2-25)23-18(22-16)26-3-7-30-8-4-26/h9-11,27-28H,1-8H2,(H,21,22,23,24)/b20-11-. The molecule has 0 bridgehead atoms. The van der Waals surface area contributed by atoms with Gasteiger partial charge in [0.05, 0.1) is 37.1 Å². The predicted octanol–water partition coefficient (Wildman–Crippen LogP) is 1.16. The number of rotatable bonds is 5. The topological polar surface area (TPSA) is 128 Å². The number of anilines is 3. The average Bonchev–Trinajstić information content (AvgIpc) is 2.78. The maximum atomic E-state index is 9.96. The van der Waals surface area contributed by atoms with Crippen LogP contribution in [0.3, 0.4) is 0 Å². The molecule has 4 rings (SSSR count). The Morgan fingerprint density at radius 2 is 1.47 bits per heavy atom. The average molecular weight is 480 g/mol. The highest BCUT2D eigenvalue weighted by molar-refractivity contribution is 9.10. The van der Waals surface area contributed by atoms with E-state index in [9.17, 15) is 10.2 Å². The molecule has 2 saturated heterocycles. The van der Waals surface area contributed by atoms with E-state index in [1.807, 2.05) is 9.80 Å². The lowest BCUT2D eigenvalue weighted by atomic mass is 10.2. The van der Waals surface area contributed by atoms with Gasteiger partial charge in [-0.3, -0.25) is 0 Å². The number of benzene rings is 1. The van der Waals surface area contributed by atoms with E-state index in [-0.39, 0.29) is 11.5 Å². The molecule has 3 heterocycles. The summed E-state index contributed by atoms with van der Waals surface area (Å²) in [6.07, 6.45) is 1.42. The number of phenolic OH excluding ortho intramolecular Hbond substituents is 2. The van der Waals surface area contributed by atoms with Crippen LogP contribution in [0.15, 0.2) is 21.7 Å². The van der Waals surface area contributed by atoms with Gasteiger partial charge in [-0.15, -0.1) is 0 Å². The van der Waals surface area contributed by atoms with Crippen LogP contribution in [-0.2, 0) is 9.47 Å². The van der Waals surface area contributed by atoms with Gasteiger partial charge in [-0.05, 0) is 22.0 Å². The maximum Gasteiger partial charge on any atom is 0.250 e. The first kappa shape index (κ1) is 20.6. The SMILES string of the molecule is Oc1cc(O)c(/C=N\Nc2nc(N3CCOCC3)nc(N3CCOCC3)n2)cc1Br. The normalized spacial score (nSPS) is 17.5. The van der Waals surface area contributed by atoms with Crippen molar-refractivity contribution in [2.24, 2.45) is 5.10 Å². The summed E-state index contributed by atoms with van der Waals surface area (Å²) in [6.45, 7) is 5.27. The quantitative estimate of drug-likeness (QED) is 0.424. The molecular weight excluding hydrogens is 458 g/mol. The summed E-state index contributed by atoms with van der Waals surface area (Å²) in [6, 6.07) is 2.79. The van der Waals surface area contributed by atoms with E-state index in [4.69, 9.17) is 9.47 Å². The van der Waals surface area contributed by atoms with E-state index in [1.54, 1.807) is 6.07 Å². The van der Waals surface area contributed by atoms with Crippen molar-refractivity contribution >= 4 is 40.0 Å². The van der Waals surface area contributed by atoms with Crippen LogP contribution in [0.5, 0.6) is 11.5 Å². The minimum atomic E-state index is -0.0973. The number of aromatic nitrogens is 3. The zero-order chi connectivity index (χ0) is 20.9. The van der Waals surface area contributed by atoms with Crippen LogP contribution in [0.1, 0.15) is 5.56 Å². The van der Waals surface area contributed by atoms with Gasteiger partial charge in [0.15, 0.2) is 0 Å². The lowest BCUT2D eigenvalue weighted by Crippen LogP contribution is -2.40. The minimum Gasteiger partial charge on any atom is -0.507 e. The Bertz CT molecular complexity index is 881. The van der Waals surface area contributed by atoms with Gasteiger partial charge in [0, 0.05) is 37.8 Å². The van der Waals surface area contributed by atoms with Gasteiger partial charge in [-0.2, -0.15) is 20.1 Å². The summed E-state index contributed by atoms with van der Waals surface area (Å²) in [7, 11) is 0. The Hall–Kier alpha value is -2.70. The first-order chi connectivity index (χ1) is 14.6. The van der Waals surface area contributed by atoms with Crippen LogP contribution < -0.4 is 15.2 Å². The molecule has 2 aliphatic rings. The molecule has 160 valence electrons. The van der Waals surface area contributed by atoms with E-state index in [0.717, 1.165) is 0 Å². The zero-order valence-corrected chi connectivity index (χ0v) is 17.7. The third-order valence-corrected chi connectivity index (χ3v) is 5.30. The molecule has 0 spiro atoms. The van der Waals surface area contributed by atoms with Crippen molar-refractivity contribution in [2.45, 2.75) is 0 Å². The molecule has 2 aliphatic heterocycles. The van der Waals surface area contributed by atoms with Crippen molar-refractivity contribution in [3.63, 3.8) is 0 Å². The first-order valence-electron chi connectivity index (χ1n) is 9.52. The molecule has 30 heavy (non-hydrogen) atoms. The smallest absolute Gasteiger partial charge is 0.250 e. The van der Waals surface area contributed by atoms with E-state index in [0.29, 0.717) is 80.5 Å². The molecule has 0 aliphatic carbocycles. The Balaban J connectivity index is 1.57. The number of hydrogen-bond acceptors (Lipinski definition) is 11. The summed E-state index contributed by atoms with van der Waals surface area (Å²) in [5, 5.41) is 23.7. The van der Waals surface area contributed by atoms with Gasteiger partial charge >= 0.3 is 0 Å². The van der Waals surface area contributed by atoms with Crippen LogP contribution in [0.2, 0.25) is 0 Å². The molecule has 12 heteroatoms. The second-order valence-electron chi connectivity index (χ2n) is 6.69. The van der Waals surface area contributed by atoms with Crippen molar-refractivity contribution in [2.75, 3.05) is 67.8 Å². The Kier molecular flexibility index (Phi) is 6.45. The molecule has 11 nitrogen and oxygen atoms in total. The molecule has 1 aromatic heterocycles. The summed E-state index contributed by atoms with van der Waals surface area (Å²) in [5.74, 6) is 1.26. The number of aromatic hydroxyl groups is 2. The molecule has 2 fully saturated rings. The molecule has 2 aromatic rings. The number of morpholine rings is 2. The molecule has 0 unspecified atom stereocenters. The molecule has 1 aromatic carbocycles. The number of nitrogens with zero attached hydrogens (tertiary/aromatic N) is 6. The van der Waals surface area contributed by atoms with E-state index >= 15 is 0 Å². The van der Waals surface area contributed by atoms with Crippen molar-refractivity contribution in [1.82, 2.24) is 15.0 Å². The second-order valence-corrected chi connectivity index (χ2v) is 7.54. The Morgan fingerprint density at radius 1 is 0.900 bits per heavy atom. The van der Waals surface area contributed by atoms with E-state index < -0.39 is 0 Å². The second kappa shape index (κ2) is 9.41. The number of halogens is 1. The Morgan fingerprint density at radius 3 is 2.03 bits per heavy atom. The molecular formula is C18H22BrN7O4. The van der Waals surface area contributed by atoms with Crippen molar-refractivity contribution in [3.05, 3.63) is 22.2 Å². The molecule has 0 amide bonds. The summed E-state index contributed by atoms with van der Waals surface area (Å²) < 4.78 is 11.3. The van der Waals surface area contributed by atoms with Crippen LogP contribution in [0, 0.1) is 0 Å². The van der Waals surface area contributed by atoms with Gasteiger partial charge in [0.25, 0.3) is 0 Å². The van der Waals surface area contributed by atoms with Gasteiger partial charge in [0.2, 0.25) is 17.8 Å². The van der Waals surface area contributed by atoms with Gasteiger partial charge in [-0.1, -0.05) is 0 Å². The summed E-state index contributed by atoms with van der Waals surface area (Å²) in [4.78, 5) is 17.7. The van der Waals surface area contributed by atoms with E-state index in [1.165, 1.54) is 12.3 Å². The number of hydrogen-bond donors (Lipinski definition) is 3. The van der Waals surface area contributed by atoms with Crippen molar-refractivity contribution in [1.29, 1.82) is 0 Å². The number of ether oxygens (including phenoxy) is 2. The lowest BCUT2D eigenvalue weighted by Gasteiger charge is -2.30. The number of hydrazone groups is 1. The molecule has 0 atom stereocenters. The Labute approximate surface area is 181 Å². The van der Waals surface area contributed by atoms with Crippen molar-refractivity contribution in [3.8, 4) is 11.5 Å². The van der Waals surface area contributed by atoms with Crippen LogP contribution in [0.25, 0.3) is 0 Å². The fraction of sp³-hybridized carbons (Fsp3) is 0.444.